The van der Waals surface area contributed by atoms with Gasteiger partial charge in [-0.2, -0.15) is 0 Å². The zero-order chi connectivity index (χ0) is 16.2. The standard InChI is InChI=1S/C16H18N2O3S/c1-12(13-5-3-2-4-6-13)11-18-22(20,21)15-9-7-14(8-10-15)16(17)19/h2-10,12,18H,11H2,1H3,(H2,17,19). The van der Waals surface area contributed by atoms with Gasteiger partial charge in [-0.3, -0.25) is 4.79 Å². The number of sulfonamides is 1. The Bertz CT molecular complexity index is 741. The fourth-order valence-electron chi connectivity index (χ4n) is 2.02. The van der Waals surface area contributed by atoms with Crippen LogP contribution < -0.4 is 10.5 Å². The molecule has 1 amide bonds. The minimum absolute atomic E-state index is 0.0564. The molecule has 0 radical (unpaired) electrons. The van der Waals surface area contributed by atoms with Crippen LogP contribution in [0, 0.1) is 0 Å². The van der Waals surface area contributed by atoms with E-state index in [2.05, 4.69) is 4.72 Å². The highest BCUT2D eigenvalue weighted by atomic mass is 32.2. The lowest BCUT2D eigenvalue weighted by Gasteiger charge is -2.13. The molecule has 6 heteroatoms. The van der Waals surface area contributed by atoms with E-state index in [1.807, 2.05) is 37.3 Å². The first-order chi connectivity index (χ1) is 10.4. The van der Waals surface area contributed by atoms with E-state index in [0.29, 0.717) is 6.54 Å². The molecule has 0 spiro atoms. The lowest BCUT2D eigenvalue weighted by Crippen LogP contribution is -2.27. The molecule has 1 atom stereocenters. The van der Waals surface area contributed by atoms with Gasteiger partial charge in [0.2, 0.25) is 15.9 Å². The van der Waals surface area contributed by atoms with Crippen LogP contribution in [-0.2, 0) is 10.0 Å². The Hall–Kier alpha value is -2.18. The first-order valence-electron chi connectivity index (χ1n) is 6.84. The highest BCUT2D eigenvalue weighted by molar-refractivity contribution is 7.89. The van der Waals surface area contributed by atoms with Gasteiger partial charge in [-0.05, 0) is 35.7 Å². The summed E-state index contributed by atoms with van der Waals surface area (Å²) in [7, 11) is -3.61. The molecule has 22 heavy (non-hydrogen) atoms. The van der Waals surface area contributed by atoms with Crippen LogP contribution in [0.15, 0.2) is 59.5 Å². The number of benzene rings is 2. The number of amides is 1. The maximum atomic E-state index is 12.2. The summed E-state index contributed by atoms with van der Waals surface area (Å²) in [6.45, 7) is 2.25. The number of hydrogen-bond donors (Lipinski definition) is 2. The quantitative estimate of drug-likeness (QED) is 0.852. The molecule has 2 aromatic carbocycles. The van der Waals surface area contributed by atoms with Gasteiger partial charge >= 0.3 is 0 Å². The number of primary amides is 1. The fraction of sp³-hybridized carbons (Fsp3) is 0.188. The zero-order valence-corrected chi connectivity index (χ0v) is 13.0. The van der Waals surface area contributed by atoms with Gasteiger partial charge in [-0.25, -0.2) is 13.1 Å². The SMILES string of the molecule is CC(CNS(=O)(=O)c1ccc(C(N)=O)cc1)c1ccccc1. The Labute approximate surface area is 130 Å². The van der Waals surface area contributed by atoms with Gasteiger partial charge in [-0.1, -0.05) is 37.3 Å². The van der Waals surface area contributed by atoms with E-state index >= 15 is 0 Å². The zero-order valence-electron chi connectivity index (χ0n) is 12.2. The van der Waals surface area contributed by atoms with Crippen LogP contribution in [-0.4, -0.2) is 20.9 Å². The molecule has 2 rings (SSSR count). The van der Waals surface area contributed by atoms with E-state index in [0.717, 1.165) is 5.56 Å². The number of nitrogens with one attached hydrogen (secondary N) is 1. The molecule has 0 fully saturated rings. The van der Waals surface area contributed by atoms with Crippen molar-refractivity contribution in [3.8, 4) is 0 Å². The van der Waals surface area contributed by atoms with Crippen LogP contribution in [0.25, 0.3) is 0 Å². The van der Waals surface area contributed by atoms with Gasteiger partial charge in [0.15, 0.2) is 0 Å². The molecule has 0 saturated carbocycles. The van der Waals surface area contributed by atoms with Gasteiger partial charge < -0.3 is 5.73 Å². The van der Waals surface area contributed by atoms with E-state index in [9.17, 15) is 13.2 Å². The molecule has 0 aliphatic carbocycles. The van der Waals surface area contributed by atoms with Crippen molar-refractivity contribution in [2.24, 2.45) is 5.73 Å². The summed E-state index contributed by atoms with van der Waals surface area (Å²) in [6.07, 6.45) is 0. The van der Waals surface area contributed by atoms with Crippen molar-refractivity contribution >= 4 is 15.9 Å². The van der Waals surface area contributed by atoms with Gasteiger partial charge in [0.1, 0.15) is 0 Å². The lowest BCUT2D eigenvalue weighted by molar-refractivity contribution is 0.1000. The molecule has 1 unspecified atom stereocenters. The van der Waals surface area contributed by atoms with E-state index in [1.54, 1.807) is 0 Å². The Kier molecular flexibility index (Phi) is 4.95. The van der Waals surface area contributed by atoms with Gasteiger partial charge in [0, 0.05) is 12.1 Å². The summed E-state index contributed by atoms with van der Waals surface area (Å²) in [5.74, 6) is -0.532. The first-order valence-corrected chi connectivity index (χ1v) is 8.33. The van der Waals surface area contributed by atoms with Crippen molar-refractivity contribution in [1.82, 2.24) is 4.72 Å². The number of rotatable bonds is 6. The molecule has 2 aromatic rings. The summed E-state index contributed by atoms with van der Waals surface area (Å²) in [5.41, 5.74) is 6.47. The predicted molar refractivity (Wildman–Crippen MR) is 85.0 cm³/mol. The van der Waals surface area contributed by atoms with Gasteiger partial charge in [0.05, 0.1) is 4.90 Å². The number of carbonyl (C=O) groups excluding carboxylic acids is 1. The number of carbonyl (C=O) groups is 1. The third-order valence-corrected chi connectivity index (χ3v) is 4.84. The minimum Gasteiger partial charge on any atom is -0.366 e. The minimum atomic E-state index is -3.61. The third-order valence-electron chi connectivity index (χ3n) is 3.40. The van der Waals surface area contributed by atoms with Crippen LogP contribution in [0.2, 0.25) is 0 Å². The number of hydrogen-bond acceptors (Lipinski definition) is 3. The van der Waals surface area contributed by atoms with Crippen molar-refractivity contribution in [1.29, 1.82) is 0 Å². The van der Waals surface area contributed by atoms with Crippen LogP contribution in [0.1, 0.15) is 28.8 Å². The van der Waals surface area contributed by atoms with Crippen LogP contribution in [0.5, 0.6) is 0 Å². The molecule has 0 bridgehead atoms. The average molecular weight is 318 g/mol. The molecule has 0 aliphatic heterocycles. The number of nitrogens with two attached hydrogens (primary N) is 1. The largest absolute Gasteiger partial charge is 0.366 e. The Balaban J connectivity index is 2.06. The summed E-state index contributed by atoms with van der Waals surface area (Å²) >= 11 is 0. The third kappa shape index (κ3) is 3.93. The Morgan fingerprint density at radius 1 is 1.09 bits per heavy atom. The molecule has 116 valence electrons. The molecular weight excluding hydrogens is 300 g/mol. The van der Waals surface area contributed by atoms with E-state index in [-0.39, 0.29) is 16.4 Å². The molecular formula is C16H18N2O3S. The molecule has 0 aromatic heterocycles. The maximum absolute atomic E-state index is 12.2. The van der Waals surface area contributed by atoms with E-state index in [1.165, 1.54) is 24.3 Å². The summed E-state index contributed by atoms with van der Waals surface area (Å²) in [4.78, 5) is 11.1. The summed E-state index contributed by atoms with van der Waals surface area (Å²) in [6, 6.07) is 15.2. The van der Waals surface area contributed by atoms with Gasteiger partial charge in [0.25, 0.3) is 0 Å². The normalized spacial score (nSPS) is 12.8. The highest BCUT2D eigenvalue weighted by Gasteiger charge is 2.16. The average Bonchev–Trinajstić information content (AvgIpc) is 2.53. The Morgan fingerprint density at radius 2 is 1.68 bits per heavy atom. The van der Waals surface area contributed by atoms with E-state index in [4.69, 9.17) is 5.73 Å². The fourth-order valence-corrected chi connectivity index (χ4v) is 3.15. The van der Waals surface area contributed by atoms with Crippen molar-refractivity contribution < 1.29 is 13.2 Å². The second-order valence-electron chi connectivity index (χ2n) is 5.05. The second-order valence-corrected chi connectivity index (χ2v) is 6.82. The first kappa shape index (κ1) is 16.2. The second kappa shape index (κ2) is 6.72. The van der Waals surface area contributed by atoms with E-state index < -0.39 is 15.9 Å². The lowest BCUT2D eigenvalue weighted by atomic mass is 10.0. The molecule has 3 N–H and O–H groups in total. The highest BCUT2D eigenvalue weighted by Crippen LogP contribution is 2.15. The maximum Gasteiger partial charge on any atom is 0.248 e. The summed E-state index contributed by atoms with van der Waals surface area (Å²) < 4.78 is 27.0. The molecule has 5 nitrogen and oxygen atoms in total. The van der Waals surface area contributed by atoms with Gasteiger partial charge in [-0.15, -0.1) is 0 Å². The molecule has 0 saturated heterocycles. The van der Waals surface area contributed by atoms with Crippen LogP contribution in [0.3, 0.4) is 0 Å². The smallest absolute Gasteiger partial charge is 0.248 e. The summed E-state index contributed by atoms with van der Waals surface area (Å²) in [5, 5.41) is 0. The topological polar surface area (TPSA) is 89.3 Å². The van der Waals surface area contributed by atoms with Crippen molar-refractivity contribution in [2.75, 3.05) is 6.54 Å². The van der Waals surface area contributed by atoms with Crippen LogP contribution >= 0.6 is 0 Å². The Morgan fingerprint density at radius 3 is 2.23 bits per heavy atom. The van der Waals surface area contributed by atoms with Crippen LogP contribution in [0.4, 0.5) is 0 Å². The van der Waals surface area contributed by atoms with Crippen molar-refractivity contribution in [3.63, 3.8) is 0 Å². The molecule has 0 aliphatic rings. The molecule has 0 heterocycles. The predicted octanol–water partition coefficient (Wildman–Crippen LogP) is 1.87. The van der Waals surface area contributed by atoms with Crippen molar-refractivity contribution in [2.45, 2.75) is 17.7 Å². The monoisotopic (exact) mass is 318 g/mol. The van der Waals surface area contributed by atoms with Crippen molar-refractivity contribution in [3.05, 3.63) is 65.7 Å².